The first kappa shape index (κ1) is 16.1. The van der Waals surface area contributed by atoms with Crippen molar-refractivity contribution in [3.63, 3.8) is 0 Å². The summed E-state index contributed by atoms with van der Waals surface area (Å²) in [6.45, 7) is 2.30. The van der Waals surface area contributed by atoms with E-state index in [4.69, 9.17) is 4.74 Å². The largest absolute Gasteiger partial charge is 0.504 e. The Morgan fingerprint density at radius 1 is 1.04 bits per heavy atom. The number of methoxy groups -OCH3 is 1. The highest BCUT2D eigenvalue weighted by molar-refractivity contribution is 5.41. The Balaban J connectivity index is 1.50. The van der Waals surface area contributed by atoms with Crippen LogP contribution in [0.2, 0.25) is 0 Å². The summed E-state index contributed by atoms with van der Waals surface area (Å²) < 4.78 is 7.09. The molecule has 0 saturated heterocycles. The van der Waals surface area contributed by atoms with E-state index >= 15 is 0 Å². The lowest BCUT2D eigenvalue weighted by Gasteiger charge is -2.09. The van der Waals surface area contributed by atoms with Crippen LogP contribution >= 0.6 is 0 Å². The zero-order valence-corrected chi connectivity index (χ0v) is 13.6. The Labute approximate surface area is 141 Å². The van der Waals surface area contributed by atoms with Crippen LogP contribution in [0.1, 0.15) is 16.7 Å². The third-order valence-electron chi connectivity index (χ3n) is 3.85. The van der Waals surface area contributed by atoms with E-state index in [1.165, 1.54) is 11.1 Å². The van der Waals surface area contributed by atoms with E-state index in [1.807, 2.05) is 23.2 Å². The average molecular weight is 323 g/mol. The summed E-state index contributed by atoms with van der Waals surface area (Å²) >= 11 is 0. The first-order valence-corrected chi connectivity index (χ1v) is 7.85. The van der Waals surface area contributed by atoms with Gasteiger partial charge in [0.05, 0.1) is 13.4 Å². The number of nitrogens with zero attached hydrogens (tertiary/aromatic N) is 2. The molecule has 0 radical (unpaired) electrons. The first-order chi connectivity index (χ1) is 11.7. The molecule has 0 aliphatic carbocycles. The maximum absolute atomic E-state index is 9.78. The quantitative estimate of drug-likeness (QED) is 0.702. The van der Waals surface area contributed by atoms with Crippen molar-refractivity contribution in [1.29, 1.82) is 0 Å². The molecule has 3 rings (SSSR count). The molecule has 0 spiro atoms. The fourth-order valence-electron chi connectivity index (χ4n) is 2.55. The molecule has 5 nitrogen and oxygen atoms in total. The summed E-state index contributed by atoms with van der Waals surface area (Å²) in [5.74, 6) is 0.660. The number of hydrogen-bond acceptors (Lipinski definition) is 4. The standard InChI is InChI=1S/C19H21N3O2/c1-24-19-7-6-17(10-18(19)23)12-21-11-15-2-4-16(5-3-15)13-22-9-8-20-14-22/h2-10,14,21,23H,11-13H2,1H3. The molecule has 0 aliphatic heterocycles. The number of aromatic nitrogens is 2. The third kappa shape index (κ3) is 4.14. The lowest BCUT2D eigenvalue weighted by molar-refractivity contribution is 0.373. The summed E-state index contributed by atoms with van der Waals surface area (Å²) in [5, 5.41) is 13.2. The summed E-state index contributed by atoms with van der Waals surface area (Å²) in [7, 11) is 1.55. The first-order valence-electron chi connectivity index (χ1n) is 7.85. The van der Waals surface area contributed by atoms with Gasteiger partial charge in [-0.15, -0.1) is 0 Å². The van der Waals surface area contributed by atoms with E-state index in [-0.39, 0.29) is 5.75 Å². The van der Waals surface area contributed by atoms with Crippen LogP contribution in [0.5, 0.6) is 11.5 Å². The smallest absolute Gasteiger partial charge is 0.160 e. The molecular formula is C19H21N3O2. The highest BCUT2D eigenvalue weighted by atomic mass is 16.5. The molecule has 0 unspecified atom stereocenters. The second-order valence-electron chi connectivity index (χ2n) is 5.66. The number of imidazole rings is 1. The van der Waals surface area contributed by atoms with Gasteiger partial charge >= 0.3 is 0 Å². The van der Waals surface area contributed by atoms with Gasteiger partial charge in [0.25, 0.3) is 0 Å². The number of phenols is 1. The van der Waals surface area contributed by atoms with Gasteiger partial charge < -0.3 is 19.7 Å². The van der Waals surface area contributed by atoms with Crippen molar-refractivity contribution < 1.29 is 9.84 Å². The summed E-state index contributed by atoms with van der Waals surface area (Å²) in [4.78, 5) is 4.05. The SMILES string of the molecule is COc1ccc(CNCc2ccc(Cn3ccnc3)cc2)cc1O. The minimum atomic E-state index is 0.167. The average Bonchev–Trinajstić information content (AvgIpc) is 3.10. The minimum absolute atomic E-state index is 0.167. The molecule has 1 aromatic heterocycles. The van der Waals surface area contributed by atoms with Gasteiger partial charge in [-0.1, -0.05) is 30.3 Å². The van der Waals surface area contributed by atoms with Gasteiger partial charge in [-0.3, -0.25) is 0 Å². The van der Waals surface area contributed by atoms with Crippen molar-refractivity contribution in [3.05, 3.63) is 77.9 Å². The van der Waals surface area contributed by atoms with Crippen LogP contribution in [-0.4, -0.2) is 21.8 Å². The van der Waals surface area contributed by atoms with Gasteiger partial charge in [0.2, 0.25) is 0 Å². The minimum Gasteiger partial charge on any atom is -0.504 e. The Morgan fingerprint density at radius 2 is 1.75 bits per heavy atom. The van der Waals surface area contributed by atoms with E-state index in [9.17, 15) is 5.11 Å². The van der Waals surface area contributed by atoms with Crippen LogP contribution in [0.4, 0.5) is 0 Å². The summed E-state index contributed by atoms with van der Waals surface area (Å²) in [5.41, 5.74) is 3.49. The molecule has 0 atom stereocenters. The maximum atomic E-state index is 9.78. The molecule has 1 heterocycles. The molecule has 0 saturated carbocycles. The van der Waals surface area contributed by atoms with Gasteiger partial charge in [-0.25, -0.2) is 4.98 Å². The van der Waals surface area contributed by atoms with Crippen molar-refractivity contribution in [3.8, 4) is 11.5 Å². The van der Waals surface area contributed by atoms with Crippen LogP contribution in [0.15, 0.2) is 61.2 Å². The molecule has 3 aromatic rings. The number of aromatic hydroxyl groups is 1. The van der Waals surface area contributed by atoms with E-state index in [0.29, 0.717) is 12.3 Å². The Bertz CT molecular complexity index is 768. The molecule has 0 amide bonds. The molecule has 24 heavy (non-hydrogen) atoms. The fourth-order valence-corrected chi connectivity index (χ4v) is 2.55. The predicted molar refractivity (Wildman–Crippen MR) is 93.0 cm³/mol. The normalized spacial score (nSPS) is 10.7. The van der Waals surface area contributed by atoms with Crippen LogP contribution in [0.25, 0.3) is 0 Å². The Morgan fingerprint density at radius 3 is 2.42 bits per heavy atom. The number of rotatable bonds is 7. The van der Waals surface area contributed by atoms with Gasteiger partial charge in [-0.2, -0.15) is 0 Å². The molecule has 0 fully saturated rings. The van der Waals surface area contributed by atoms with Gasteiger partial charge in [0.15, 0.2) is 11.5 Å². The van der Waals surface area contributed by atoms with Gasteiger partial charge in [0, 0.05) is 32.0 Å². The molecule has 0 aliphatic rings. The van der Waals surface area contributed by atoms with Crippen molar-refractivity contribution in [2.75, 3.05) is 7.11 Å². The van der Waals surface area contributed by atoms with Crippen molar-refractivity contribution in [2.24, 2.45) is 0 Å². The number of nitrogens with one attached hydrogen (secondary N) is 1. The summed E-state index contributed by atoms with van der Waals surface area (Å²) in [6.07, 6.45) is 5.56. The zero-order valence-electron chi connectivity index (χ0n) is 13.6. The molecule has 124 valence electrons. The van der Waals surface area contributed by atoms with Crippen LogP contribution in [0.3, 0.4) is 0 Å². The van der Waals surface area contributed by atoms with E-state index in [2.05, 4.69) is 34.6 Å². The van der Waals surface area contributed by atoms with Gasteiger partial charge in [0.1, 0.15) is 0 Å². The molecular weight excluding hydrogens is 302 g/mol. The maximum Gasteiger partial charge on any atom is 0.160 e. The second kappa shape index (κ2) is 7.66. The molecule has 0 bridgehead atoms. The topological polar surface area (TPSA) is 59.3 Å². The van der Waals surface area contributed by atoms with Crippen molar-refractivity contribution >= 4 is 0 Å². The fraction of sp³-hybridized carbons (Fsp3) is 0.211. The van der Waals surface area contributed by atoms with E-state index in [1.54, 1.807) is 25.4 Å². The second-order valence-corrected chi connectivity index (χ2v) is 5.66. The Kier molecular flexibility index (Phi) is 5.13. The Hall–Kier alpha value is -2.79. The number of ether oxygens (including phenoxy) is 1. The number of phenolic OH excluding ortho intramolecular Hbond substituents is 1. The third-order valence-corrected chi connectivity index (χ3v) is 3.85. The van der Waals surface area contributed by atoms with Crippen LogP contribution < -0.4 is 10.1 Å². The van der Waals surface area contributed by atoms with Crippen molar-refractivity contribution in [2.45, 2.75) is 19.6 Å². The van der Waals surface area contributed by atoms with Gasteiger partial charge in [-0.05, 0) is 28.8 Å². The van der Waals surface area contributed by atoms with E-state index < -0.39 is 0 Å². The highest BCUT2D eigenvalue weighted by Crippen LogP contribution is 2.26. The lowest BCUT2D eigenvalue weighted by atomic mass is 10.1. The summed E-state index contributed by atoms with van der Waals surface area (Å²) in [6, 6.07) is 14.0. The van der Waals surface area contributed by atoms with E-state index in [0.717, 1.165) is 18.7 Å². The number of benzene rings is 2. The molecule has 2 aromatic carbocycles. The predicted octanol–water partition coefficient (Wildman–Crippen LogP) is 2.94. The van der Waals surface area contributed by atoms with Crippen LogP contribution in [-0.2, 0) is 19.6 Å². The monoisotopic (exact) mass is 323 g/mol. The van der Waals surface area contributed by atoms with Crippen molar-refractivity contribution in [1.82, 2.24) is 14.9 Å². The number of hydrogen-bond donors (Lipinski definition) is 2. The molecule has 2 N–H and O–H groups in total. The lowest BCUT2D eigenvalue weighted by Crippen LogP contribution is -2.12. The highest BCUT2D eigenvalue weighted by Gasteiger charge is 2.02. The zero-order chi connectivity index (χ0) is 16.8. The van der Waals surface area contributed by atoms with Crippen LogP contribution in [0, 0.1) is 0 Å². The molecule has 5 heteroatoms.